The molecule has 1 atom stereocenters. The van der Waals surface area contributed by atoms with Crippen LogP contribution in [0.4, 0.5) is 0 Å². The van der Waals surface area contributed by atoms with Crippen molar-refractivity contribution in [3.63, 3.8) is 0 Å². The predicted octanol–water partition coefficient (Wildman–Crippen LogP) is 2.57. The van der Waals surface area contributed by atoms with Crippen LogP contribution in [0.2, 0.25) is 0 Å². The second kappa shape index (κ2) is 9.01. The molecule has 1 aliphatic carbocycles. The summed E-state index contributed by atoms with van der Waals surface area (Å²) in [5.74, 6) is 1.05. The minimum atomic E-state index is 0.692. The summed E-state index contributed by atoms with van der Waals surface area (Å²) in [4.78, 5) is 5.31. The summed E-state index contributed by atoms with van der Waals surface area (Å²) >= 11 is 0. The van der Waals surface area contributed by atoms with E-state index in [9.17, 15) is 0 Å². The first-order valence-electron chi connectivity index (χ1n) is 8.96. The van der Waals surface area contributed by atoms with Gasteiger partial charge in [0.05, 0.1) is 0 Å². The van der Waals surface area contributed by atoms with Crippen LogP contribution in [0.15, 0.2) is 0 Å². The van der Waals surface area contributed by atoms with Gasteiger partial charge < -0.3 is 10.2 Å². The monoisotopic (exact) mass is 281 g/mol. The SMILES string of the molecule is CCCCCC(C)NCCN1CCN(CC2CC2)CC1. The fourth-order valence-corrected chi connectivity index (χ4v) is 3.13. The van der Waals surface area contributed by atoms with Gasteiger partial charge in [-0.3, -0.25) is 4.90 Å². The number of piperazine rings is 1. The molecule has 0 radical (unpaired) electrons. The largest absolute Gasteiger partial charge is 0.313 e. The molecule has 118 valence electrons. The molecule has 0 aromatic rings. The highest BCUT2D eigenvalue weighted by molar-refractivity contribution is 4.80. The van der Waals surface area contributed by atoms with Gasteiger partial charge in [0.25, 0.3) is 0 Å². The van der Waals surface area contributed by atoms with Crippen LogP contribution in [0.5, 0.6) is 0 Å². The van der Waals surface area contributed by atoms with Crippen molar-refractivity contribution in [3.05, 3.63) is 0 Å². The summed E-state index contributed by atoms with van der Waals surface area (Å²) in [7, 11) is 0. The molecule has 0 aromatic carbocycles. The van der Waals surface area contributed by atoms with Gasteiger partial charge in [-0.2, -0.15) is 0 Å². The van der Waals surface area contributed by atoms with E-state index >= 15 is 0 Å². The number of hydrogen-bond donors (Lipinski definition) is 1. The molecule has 1 saturated carbocycles. The number of nitrogens with zero attached hydrogens (tertiary/aromatic N) is 2. The number of unbranched alkanes of at least 4 members (excludes halogenated alkanes) is 2. The zero-order chi connectivity index (χ0) is 14.2. The molecule has 3 heteroatoms. The molecule has 20 heavy (non-hydrogen) atoms. The topological polar surface area (TPSA) is 18.5 Å². The van der Waals surface area contributed by atoms with Crippen molar-refractivity contribution < 1.29 is 0 Å². The second-order valence-electron chi connectivity index (χ2n) is 6.94. The van der Waals surface area contributed by atoms with Crippen molar-refractivity contribution in [3.8, 4) is 0 Å². The lowest BCUT2D eigenvalue weighted by Crippen LogP contribution is -2.48. The third-order valence-corrected chi connectivity index (χ3v) is 4.84. The molecule has 1 unspecified atom stereocenters. The number of hydrogen-bond acceptors (Lipinski definition) is 3. The standard InChI is InChI=1S/C17H35N3/c1-3-4-5-6-16(2)18-9-10-19-11-13-20(14-12-19)15-17-7-8-17/h16-18H,3-15H2,1-2H3. The van der Waals surface area contributed by atoms with Crippen LogP contribution in [0.25, 0.3) is 0 Å². The van der Waals surface area contributed by atoms with Crippen molar-refractivity contribution >= 4 is 0 Å². The average Bonchev–Trinajstić information content (AvgIpc) is 3.25. The molecule has 0 spiro atoms. The van der Waals surface area contributed by atoms with Gasteiger partial charge in [0.15, 0.2) is 0 Å². The Kier molecular flexibility index (Phi) is 7.32. The Balaban J connectivity index is 1.45. The first-order valence-corrected chi connectivity index (χ1v) is 8.96. The lowest BCUT2D eigenvalue weighted by molar-refractivity contribution is 0.128. The Labute approximate surface area is 126 Å². The third kappa shape index (κ3) is 6.55. The average molecular weight is 281 g/mol. The minimum Gasteiger partial charge on any atom is -0.313 e. The first kappa shape index (κ1) is 16.3. The molecule has 1 saturated heterocycles. The predicted molar refractivity (Wildman–Crippen MR) is 87.2 cm³/mol. The van der Waals surface area contributed by atoms with Gasteiger partial charge in [-0.15, -0.1) is 0 Å². The van der Waals surface area contributed by atoms with Gasteiger partial charge in [0.2, 0.25) is 0 Å². The molecule has 1 aliphatic heterocycles. The summed E-state index contributed by atoms with van der Waals surface area (Å²) in [6.45, 7) is 13.5. The van der Waals surface area contributed by atoms with E-state index in [-0.39, 0.29) is 0 Å². The molecule has 3 nitrogen and oxygen atoms in total. The molecule has 0 aromatic heterocycles. The molecule has 2 fully saturated rings. The van der Waals surface area contributed by atoms with Crippen molar-refractivity contribution in [1.29, 1.82) is 0 Å². The van der Waals surface area contributed by atoms with E-state index in [1.165, 1.54) is 77.8 Å². The summed E-state index contributed by atoms with van der Waals surface area (Å²) in [6.07, 6.45) is 8.40. The summed E-state index contributed by atoms with van der Waals surface area (Å²) in [6, 6.07) is 0.692. The van der Waals surface area contributed by atoms with E-state index in [1.54, 1.807) is 0 Å². The van der Waals surface area contributed by atoms with Crippen molar-refractivity contribution in [2.45, 2.75) is 58.4 Å². The zero-order valence-electron chi connectivity index (χ0n) is 13.7. The lowest BCUT2D eigenvalue weighted by Gasteiger charge is -2.35. The Hall–Kier alpha value is -0.120. The minimum absolute atomic E-state index is 0.692. The second-order valence-corrected chi connectivity index (χ2v) is 6.94. The van der Waals surface area contributed by atoms with Crippen LogP contribution in [0.3, 0.4) is 0 Å². The van der Waals surface area contributed by atoms with Gasteiger partial charge >= 0.3 is 0 Å². The van der Waals surface area contributed by atoms with E-state index < -0.39 is 0 Å². The van der Waals surface area contributed by atoms with Crippen molar-refractivity contribution in [2.24, 2.45) is 5.92 Å². The van der Waals surface area contributed by atoms with E-state index in [4.69, 9.17) is 0 Å². The van der Waals surface area contributed by atoms with Crippen LogP contribution in [0, 0.1) is 5.92 Å². The fourth-order valence-electron chi connectivity index (χ4n) is 3.13. The lowest BCUT2D eigenvalue weighted by atomic mass is 10.1. The summed E-state index contributed by atoms with van der Waals surface area (Å²) in [5, 5.41) is 3.69. The van der Waals surface area contributed by atoms with Crippen molar-refractivity contribution in [1.82, 2.24) is 15.1 Å². The first-order chi connectivity index (χ1) is 9.78. The van der Waals surface area contributed by atoms with Crippen LogP contribution >= 0.6 is 0 Å². The molecule has 1 N–H and O–H groups in total. The molecule has 0 bridgehead atoms. The van der Waals surface area contributed by atoms with Gasteiger partial charge in [0, 0.05) is 51.9 Å². The summed E-state index contributed by atoms with van der Waals surface area (Å²) < 4.78 is 0. The van der Waals surface area contributed by atoms with E-state index in [0.29, 0.717) is 6.04 Å². The van der Waals surface area contributed by atoms with Gasteiger partial charge in [-0.05, 0) is 32.1 Å². The maximum Gasteiger partial charge on any atom is 0.0110 e. The Morgan fingerprint density at radius 1 is 1.05 bits per heavy atom. The van der Waals surface area contributed by atoms with E-state index in [2.05, 4.69) is 29.0 Å². The number of rotatable bonds is 10. The Bertz CT molecular complexity index is 245. The Morgan fingerprint density at radius 3 is 2.40 bits per heavy atom. The maximum atomic E-state index is 3.69. The van der Waals surface area contributed by atoms with Crippen LogP contribution in [-0.4, -0.2) is 61.7 Å². The normalized spacial score (nSPS) is 23.1. The molecule has 2 rings (SSSR count). The van der Waals surface area contributed by atoms with Crippen molar-refractivity contribution in [2.75, 3.05) is 45.8 Å². The van der Waals surface area contributed by atoms with Gasteiger partial charge in [0.1, 0.15) is 0 Å². The fraction of sp³-hybridized carbons (Fsp3) is 1.00. The van der Waals surface area contributed by atoms with Crippen LogP contribution in [-0.2, 0) is 0 Å². The quantitative estimate of drug-likeness (QED) is 0.621. The molecular weight excluding hydrogens is 246 g/mol. The molecule has 2 aliphatic rings. The Morgan fingerprint density at radius 2 is 1.75 bits per heavy atom. The van der Waals surface area contributed by atoms with Crippen LogP contribution in [0.1, 0.15) is 52.4 Å². The van der Waals surface area contributed by atoms with E-state index in [0.717, 1.165) is 12.5 Å². The highest BCUT2D eigenvalue weighted by Gasteiger charge is 2.26. The van der Waals surface area contributed by atoms with Crippen LogP contribution < -0.4 is 5.32 Å². The van der Waals surface area contributed by atoms with Gasteiger partial charge in [-0.25, -0.2) is 0 Å². The smallest absolute Gasteiger partial charge is 0.0110 e. The van der Waals surface area contributed by atoms with E-state index in [1.807, 2.05) is 0 Å². The highest BCUT2D eigenvalue weighted by Crippen LogP contribution is 2.29. The third-order valence-electron chi connectivity index (χ3n) is 4.84. The van der Waals surface area contributed by atoms with Gasteiger partial charge in [-0.1, -0.05) is 26.2 Å². The summed E-state index contributed by atoms with van der Waals surface area (Å²) in [5.41, 5.74) is 0. The molecule has 0 amide bonds. The number of nitrogens with one attached hydrogen (secondary N) is 1. The zero-order valence-corrected chi connectivity index (χ0v) is 13.7. The maximum absolute atomic E-state index is 3.69. The highest BCUT2D eigenvalue weighted by atomic mass is 15.3. The molecular formula is C17H35N3. The molecule has 1 heterocycles.